The van der Waals surface area contributed by atoms with Gasteiger partial charge in [-0.3, -0.25) is 4.90 Å². The zero-order valence-electron chi connectivity index (χ0n) is 8.73. The quantitative estimate of drug-likeness (QED) is 0.723. The van der Waals surface area contributed by atoms with E-state index < -0.39 is 0 Å². The maximum atomic E-state index is 9.37. The van der Waals surface area contributed by atoms with Gasteiger partial charge in [0.2, 0.25) is 0 Å². The number of fused-ring (bicyclic) bond motifs is 1. The van der Waals surface area contributed by atoms with Crippen LogP contribution >= 0.6 is 12.4 Å². The average Bonchev–Trinajstić information content (AvgIpc) is 2.19. The summed E-state index contributed by atoms with van der Waals surface area (Å²) in [5.41, 5.74) is 2.29. The van der Waals surface area contributed by atoms with Crippen molar-refractivity contribution in [1.29, 1.82) is 0 Å². The van der Waals surface area contributed by atoms with Gasteiger partial charge in [-0.05, 0) is 36.2 Å². The molecule has 1 heterocycles. The van der Waals surface area contributed by atoms with Crippen LogP contribution < -0.4 is 0 Å². The maximum absolute atomic E-state index is 9.37. The van der Waals surface area contributed by atoms with E-state index in [4.69, 9.17) is 0 Å². The number of hydrogen-bond donors (Lipinski definition) is 2. The Morgan fingerprint density at radius 2 is 1.80 bits per heavy atom. The Morgan fingerprint density at radius 3 is 2.40 bits per heavy atom. The van der Waals surface area contributed by atoms with Crippen molar-refractivity contribution in [2.24, 2.45) is 0 Å². The van der Waals surface area contributed by atoms with E-state index in [0.717, 1.165) is 37.2 Å². The Bertz CT molecular complexity index is 355. The number of benzene rings is 1. The summed E-state index contributed by atoms with van der Waals surface area (Å²) in [6.45, 7) is 5.07. The first-order valence-electron chi connectivity index (χ1n) is 4.96. The van der Waals surface area contributed by atoms with Gasteiger partial charge in [0, 0.05) is 13.1 Å². The Balaban J connectivity index is 0.00000112. The highest BCUT2D eigenvalue weighted by Crippen LogP contribution is 2.31. The highest BCUT2D eigenvalue weighted by molar-refractivity contribution is 5.85. The predicted molar refractivity (Wildman–Crippen MR) is 61.7 cm³/mol. The minimum Gasteiger partial charge on any atom is -0.504 e. The largest absolute Gasteiger partial charge is 0.504 e. The molecule has 1 aliphatic heterocycles. The summed E-state index contributed by atoms with van der Waals surface area (Å²) in [6.07, 6.45) is 0.955. The molecule has 15 heavy (non-hydrogen) atoms. The van der Waals surface area contributed by atoms with E-state index in [-0.39, 0.29) is 23.9 Å². The second-order valence-corrected chi connectivity index (χ2v) is 3.73. The van der Waals surface area contributed by atoms with Crippen molar-refractivity contribution < 1.29 is 10.2 Å². The number of halogens is 1. The molecule has 0 fully saturated rings. The number of hydrogen-bond acceptors (Lipinski definition) is 3. The van der Waals surface area contributed by atoms with Crippen LogP contribution in [0, 0.1) is 0 Å². The van der Waals surface area contributed by atoms with Gasteiger partial charge in [-0.25, -0.2) is 0 Å². The number of nitrogens with zero attached hydrogens (tertiary/aromatic N) is 1. The van der Waals surface area contributed by atoms with Crippen molar-refractivity contribution in [2.75, 3.05) is 13.1 Å². The lowest BCUT2D eigenvalue weighted by Gasteiger charge is -2.27. The van der Waals surface area contributed by atoms with Gasteiger partial charge in [-0.2, -0.15) is 0 Å². The average molecular weight is 230 g/mol. The number of rotatable bonds is 1. The summed E-state index contributed by atoms with van der Waals surface area (Å²) < 4.78 is 0. The van der Waals surface area contributed by atoms with Crippen LogP contribution in [0.15, 0.2) is 12.1 Å². The number of likely N-dealkylation sites (N-methyl/N-ethyl adjacent to an activating group) is 1. The molecule has 0 spiro atoms. The Labute approximate surface area is 95.8 Å². The minimum atomic E-state index is -0.0123. The lowest BCUT2D eigenvalue weighted by atomic mass is 9.99. The Hall–Kier alpha value is -0.930. The van der Waals surface area contributed by atoms with Crippen LogP contribution in [-0.2, 0) is 13.0 Å². The highest BCUT2D eigenvalue weighted by atomic mass is 35.5. The summed E-state index contributed by atoms with van der Waals surface area (Å²) in [6, 6.07) is 3.35. The summed E-state index contributed by atoms with van der Waals surface area (Å²) in [5.74, 6) is -0.0181. The van der Waals surface area contributed by atoms with Crippen molar-refractivity contribution in [1.82, 2.24) is 4.90 Å². The predicted octanol–water partition coefficient (Wildman–Crippen LogP) is 1.90. The van der Waals surface area contributed by atoms with Crippen molar-refractivity contribution in [2.45, 2.75) is 19.9 Å². The molecule has 0 aliphatic carbocycles. The molecule has 0 atom stereocenters. The van der Waals surface area contributed by atoms with Gasteiger partial charge >= 0.3 is 0 Å². The summed E-state index contributed by atoms with van der Waals surface area (Å²) in [7, 11) is 0. The first-order valence-corrected chi connectivity index (χ1v) is 4.96. The van der Waals surface area contributed by atoms with Gasteiger partial charge in [-0.1, -0.05) is 6.92 Å². The van der Waals surface area contributed by atoms with E-state index in [0.29, 0.717) is 0 Å². The SMILES string of the molecule is CCN1CCc2cc(O)c(O)cc2C1.Cl. The first kappa shape index (κ1) is 12.1. The fourth-order valence-corrected chi connectivity index (χ4v) is 1.91. The molecular formula is C11H16ClNO2. The molecule has 3 nitrogen and oxygen atoms in total. The molecule has 2 N–H and O–H groups in total. The Morgan fingerprint density at radius 1 is 1.20 bits per heavy atom. The molecule has 0 saturated heterocycles. The Kier molecular flexibility index (Phi) is 3.83. The van der Waals surface area contributed by atoms with Crippen molar-refractivity contribution in [3.63, 3.8) is 0 Å². The molecule has 0 unspecified atom stereocenters. The van der Waals surface area contributed by atoms with Gasteiger partial charge in [0.15, 0.2) is 11.5 Å². The van der Waals surface area contributed by atoms with Gasteiger partial charge in [0.05, 0.1) is 0 Å². The van der Waals surface area contributed by atoms with Crippen LogP contribution in [0.25, 0.3) is 0 Å². The van der Waals surface area contributed by atoms with Crippen LogP contribution in [0.5, 0.6) is 11.5 Å². The lowest BCUT2D eigenvalue weighted by Crippen LogP contribution is -2.30. The first-order chi connectivity index (χ1) is 6.70. The highest BCUT2D eigenvalue weighted by Gasteiger charge is 2.16. The van der Waals surface area contributed by atoms with E-state index >= 15 is 0 Å². The fraction of sp³-hybridized carbons (Fsp3) is 0.455. The lowest BCUT2D eigenvalue weighted by molar-refractivity contribution is 0.266. The molecule has 0 amide bonds. The molecule has 0 bridgehead atoms. The van der Waals surface area contributed by atoms with Gasteiger partial charge < -0.3 is 10.2 Å². The smallest absolute Gasteiger partial charge is 0.157 e. The van der Waals surface area contributed by atoms with E-state index in [9.17, 15) is 10.2 Å². The molecular weight excluding hydrogens is 214 g/mol. The second-order valence-electron chi connectivity index (χ2n) is 3.73. The van der Waals surface area contributed by atoms with Crippen LogP contribution in [-0.4, -0.2) is 28.2 Å². The van der Waals surface area contributed by atoms with E-state index in [1.807, 2.05) is 0 Å². The molecule has 0 saturated carbocycles. The summed E-state index contributed by atoms with van der Waals surface area (Å²) in [4.78, 5) is 2.32. The zero-order valence-corrected chi connectivity index (χ0v) is 9.55. The van der Waals surface area contributed by atoms with Crippen LogP contribution in [0.4, 0.5) is 0 Å². The van der Waals surface area contributed by atoms with Crippen molar-refractivity contribution >= 4 is 12.4 Å². The van der Waals surface area contributed by atoms with E-state index in [1.54, 1.807) is 12.1 Å². The normalized spacial score (nSPS) is 15.5. The maximum Gasteiger partial charge on any atom is 0.157 e. The molecule has 1 aliphatic rings. The molecule has 1 aromatic rings. The van der Waals surface area contributed by atoms with Crippen LogP contribution in [0.1, 0.15) is 18.1 Å². The third-order valence-electron chi connectivity index (χ3n) is 2.84. The fourth-order valence-electron chi connectivity index (χ4n) is 1.91. The second kappa shape index (κ2) is 4.73. The summed E-state index contributed by atoms with van der Waals surface area (Å²) in [5, 5.41) is 18.7. The zero-order chi connectivity index (χ0) is 10.1. The van der Waals surface area contributed by atoms with Crippen molar-refractivity contribution in [3.8, 4) is 11.5 Å². The number of phenols is 2. The van der Waals surface area contributed by atoms with Crippen LogP contribution in [0.3, 0.4) is 0 Å². The van der Waals surface area contributed by atoms with E-state index in [2.05, 4.69) is 11.8 Å². The third-order valence-corrected chi connectivity index (χ3v) is 2.84. The van der Waals surface area contributed by atoms with Gasteiger partial charge in [-0.15, -0.1) is 12.4 Å². The van der Waals surface area contributed by atoms with Crippen LogP contribution in [0.2, 0.25) is 0 Å². The minimum absolute atomic E-state index is 0. The standard InChI is InChI=1S/C11H15NO2.ClH/c1-2-12-4-3-8-5-10(13)11(14)6-9(8)7-12;/h5-6,13-14H,2-4,7H2,1H3;1H. The molecule has 1 aromatic carbocycles. The topological polar surface area (TPSA) is 43.7 Å². The summed E-state index contributed by atoms with van der Waals surface area (Å²) >= 11 is 0. The van der Waals surface area contributed by atoms with Crippen molar-refractivity contribution in [3.05, 3.63) is 23.3 Å². The van der Waals surface area contributed by atoms with Gasteiger partial charge in [0.25, 0.3) is 0 Å². The molecule has 0 radical (unpaired) electrons. The third kappa shape index (κ3) is 2.36. The van der Waals surface area contributed by atoms with Gasteiger partial charge in [0.1, 0.15) is 0 Å². The molecule has 0 aromatic heterocycles. The number of aromatic hydroxyl groups is 2. The monoisotopic (exact) mass is 229 g/mol. The molecule has 4 heteroatoms. The molecule has 2 rings (SSSR count). The molecule has 84 valence electrons. The van der Waals surface area contributed by atoms with E-state index in [1.165, 1.54) is 0 Å². The number of phenolic OH excluding ortho intramolecular Hbond substituents is 2.